The van der Waals surface area contributed by atoms with Gasteiger partial charge in [0.15, 0.2) is 0 Å². The smallest absolute Gasteiger partial charge is 0.256 e. The van der Waals surface area contributed by atoms with E-state index in [4.69, 9.17) is 0 Å². The maximum Gasteiger partial charge on any atom is 0.256 e. The highest BCUT2D eigenvalue weighted by atomic mass is 32.2. The number of benzene rings is 1. The van der Waals surface area contributed by atoms with Crippen LogP contribution in [0.2, 0.25) is 0 Å². The maximum absolute atomic E-state index is 14.1. The number of nitrogens with one attached hydrogen (secondary N) is 2. The molecule has 2 rings (SSSR count). The monoisotopic (exact) mass is 407 g/mol. The van der Waals surface area contributed by atoms with Gasteiger partial charge < -0.3 is 4.90 Å². The Morgan fingerprint density at radius 2 is 2.00 bits per heavy atom. The molecule has 1 heterocycles. The molecule has 1 fully saturated rings. The molecule has 1 amide bonds. The van der Waals surface area contributed by atoms with Crippen LogP contribution in [0.15, 0.2) is 23.1 Å². The molecule has 11 heteroatoms. The number of rotatable bonds is 6. The van der Waals surface area contributed by atoms with Crippen molar-refractivity contribution in [1.29, 1.82) is 0 Å². The lowest BCUT2D eigenvalue weighted by molar-refractivity contribution is 0.0698. The van der Waals surface area contributed by atoms with E-state index in [-0.39, 0.29) is 23.5 Å². The lowest BCUT2D eigenvalue weighted by atomic mass is 10.1. The van der Waals surface area contributed by atoms with Gasteiger partial charge in [-0.2, -0.15) is 0 Å². The fourth-order valence-corrected chi connectivity index (χ4v) is 4.70. The van der Waals surface area contributed by atoms with E-state index in [1.54, 1.807) is 6.92 Å². The molecule has 8 nitrogen and oxygen atoms in total. The molecule has 0 radical (unpaired) electrons. The minimum atomic E-state index is -3.83. The molecule has 2 N–H and O–H groups in total. The Hall–Kier alpha value is -1.56. The fourth-order valence-electron chi connectivity index (χ4n) is 2.84. The third-order valence-electron chi connectivity index (χ3n) is 3.90. The molecule has 1 unspecified atom stereocenters. The van der Waals surface area contributed by atoms with E-state index in [0.717, 1.165) is 24.5 Å². The van der Waals surface area contributed by atoms with E-state index in [0.29, 0.717) is 19.4 Å². The zero-order chi connectivity index (χ0) is 19.5. The maximum atomic E-state index is 14.1. The molecule has 1 atom stereocenters. The van der Waals surface area contributed by atoms with Crippen LogP contribution in [0.25, 0.3) is 0 Å². The van der Waals surface area contributed by atoms with E-state index >= 15 is 0 Å². The average Bonchev–Trinajstić information content (AvgIpc) is 2.53. The summed E-state index contributed by atoms with van der Waals surface area (Å²) < 4.78 is 65.7. The zero-order valence-electron chi connectivity index (χ0n) is 14.5. The lowest BCUT2D eigenvalue weighted by Gasteiger charge is -2.33. The predicted octanol–water partition coefficient (Wildman–Crippen LogP) is 0.278. The summed E-state index contributed by atoms with van der Waals surface area (Å²) in [7, 11) is -7.26. The minimum Gasteiger partial charge on any atom is -0.337 e. The Balaban J connectivity index is 2.26. The van der Waals surface area contributed by atoms with Crippen LogP contribution >= 0.6 is 0 Å². The highest BCUT2D eigenvalue weighted by Crippen LogP contribution is 2.20. The molecule has 0 aliphatic carbocycles. The molecule has 1 aromatic rings. The average molecular weight is 407 g/mol. The summed E-state index contributed by atoms with van der Waals surface area (Å²) >= 11 is 0. The van der Waals surface area contributed by atoms with E-state index in [2.05, 4.69) is 9.44 Å². The molecule has 26 heavy (non-hydrogen) atoms. The highest BCUT2D eigenvalue weighted by Gasteiger charge is 2.28. The van der Waals surface area contributed by atoms with Gasteiger partial charge in [-0.15, -0.1) is 0 Å². The van der Waals surface area contributed by atoms with Crippen molar-refractivity contribution in [3.05, 3.63) is 29.6 Å². The number of carbonyl (C=O) groups is 1. The van der Waals surface area contributed by atoms with Crippen molar-refractivity contribution in [2.45, 2.75) is 30.7 Å². The second-order valence-electron chi connectivity index (χ2n) is 6.12. The van der Waals surface area contributed by atoms with Crippen molar-refractivity contribution in [3.8, 4) is 0 Å². The number of carbonyl (C=O) groups excluding carboxylic acids is 1. The Morgan fingerprint density at radius 1 is 1.31 bits per heavy atom. The van der Waals surface area contributed by atoms with Crippen molar-refractivity contribution in [2.75, 3.05) is 25.9 Å². The van der Waals surface area contributed by atoms with Crippen LogP contribution in [0.4, 0.5) is 4.39 Å². The van der Waals surface area contributed by atoms with E-state index in [1.807, 2.05) is 0 Å². The van der Waals surface area contributed by atoms with Crippen LogP contribution < -0.4 is 9.44 Å². The topological polar surface area (TPSA) is 113 Å². The predicted molar refractivity (Wildman–Crippen MR) is 94.2 cm³/mol. The summed E-state index contributed by atoms with van der Waals surface area (Å²) in [6, 6.07) is 2.57. The minimum absolute atomic E-state index is 0.0928. The Morgan fingerprint density at radius 3 is 2.62 bits per heavy atom. The number of likely N-dealkylation sites (tertiary alicyclic amines) is 1. The number of halogens is 1. The van der Waals surface area contributed by atoms with Crippen LogP contribution in [-0.2, 0) is 20.0 Å². The molecule has 0 spiro atoms. The van der Waals surface area contributed by atoms with Gasteiger partial charge in [0.05, 0.1) is 16.7 Å². The van der Waals surface area contributed by atoms with Gasteiger partial charge in [0.2, 0.25) is 20.0 Å². The molecule has 0 saturated carbocycles. The third kappa shape index (κ3) is 5.22. The SMILES string of the molecule is CCNS(=O)(=O)c1ccc(F)c(C(=O)N2CCCC(NS(C)(=O)=O)C2)c1. The van der Waals surface area contributed by atoms with Crippen molar-refractivity contribution in [1.82, 2.24) is 14.3 Å². The third-order valence-corrected chi connectivity index (χ3v) is 6.21. The first-order valence-electron chi connectivity index (χ1n) is 8.09. The summed E-state index contributed by atoms with van der Waals surface area (Å²) in [5, 5.41) is 0. The quantitative estimate of drug-likeness (QED) is 0.703. The van der Waals surface area contributed by atoms with Crippen LogP contribution in [0.1, 0.15) is 30.1 Å². The molecular weight excluding hydrogens is 385 g/mol. The zero-order valence-corrected chi connectivity index (χ0v) is 16.2. The van der Waals surface area contributed by atoms with Crippen molar-refractivity contribution < 1.29 is 26.0 Å². The summed E-state index contributed by atoms with van der Waals surface area (Å²) in [5.41, 5.74) is -0.357. The summed E-state index contributed by atoms with van der Waals surface area (Å²) in [4.78, 5) is 13.8. The normalized spacial score (nSPS) is 18.7. The van der Waals surface area contributed by atoms with Crippen molar-refractivity contribution in [2.24, 2.45) is 0 Å². The number of nitrogens with zero attached hydrogens (tertiary/aromatic N) is 1. The number of amides is 1. The van der Waals surface area contributed by atoms with Crippen LogP contribution in [0.3, 0.4) is 0 Å². The van der Waals surface area contributed by atoms with Crippen LogP contribution in [0.5, 0.6) is 0 Å². The molecule has 1 aromatic carbocycles. The first-order valence-corrected chi connectivity index (χ1v) is 11.5. The Bertz CT molecular complexity index is 887. The number of piperidine rings is 1. The molecule has 0 aromatic heterocycles. The van der Waals surface area contributed by atoms with Gasteiger partial charge >= 0.3 is 0 Å². The number of hydrogen-bond acceptors (Lipinski definition) is 5. The fraction of sp³-hybridized carbons (Fsp3) is 0.533. The van der Waals surface area contributed by atoms with Crippen LogP contribution in [-0.4, -0.2) is 59.6 Å². The molecule has 1 aliphatic heterocycles. The summed E-state index contributed by atoms with van der Waals surface area (Å²) in [6.45, 7) is 2.20. The molecule has 146 valence electrons. The van der Waals surface area contributed by atoms with Gasteiger partial charge in [0, 0.05) is 25.7 Å². The second kappa shape index (κ2) is 7.99. The van der Waals surface area contributed by atoms with Gasteiger partial charge in [-0.1, -0.05) is 6.92 Å². The van der Waals surface area contributed by atoms with Gasteiger partial charge in [0.1, 0.15) is 5.82 Å². The summed E-state index contributed by atoms with van der Waals surface area (Å²) in [5.74, 6) is -1.50. The highest BCUT2D eigenvalue weighted by molar-refractivity contribution is 7.89. The summed E-state index contributed by atoms with van der Waals surface area (Å²) in [6.07, 6.45) is 2.15. The first kappa shape index (κ1) is 20.7. The van der Waals surface area contributed by atoms with Gasteiger partial charge in [-0.25, -0.2) is 30.7 Å². The van der Waals surface area contributed by atoms with E-state index in [9.17, 15) is 26.0 Å². The van der Waals surface area contributed by atoms with E-state index < -0.39 is 37.8 Å². The molecule has 0 bridgehead atoms. The number of hydrogen-bond donors (Lipinski definition) is 2. The lowest BCUT2D eigenvalue weighted by Crippen LogP contribution is -2.49. The number of sulfonamides is 2. The Labute approximate surface area is 152 Å². The Kier molecular flexibility index (Phi) is 6.37. The van der Waals surface area contributed by atoms with E-state index in [1.165, 1.54) is 4.90 Å². The molecule has 1 aliphatic rings. The first-order chi connectivity index (χ1) is 12.0. The van der Waals surface area contributed by atoms with Gasteiger partial charge in [-0.05, 0) is 31.0 Å². The molecule has 1 saturated heterocycles. The van der Waals surface area contributed by atoms with Crippen molar-refractivity contribution in [3.63, 3.8) is 0 Å². The van der Waals surface area contributed by atoms with Crippen molar-refractivity contribution >= 4 is 26.0 Å². The van der Waals surface area contributed by atoms with Gasteiger partial charge in [0.25, 0.3) is 5.91 Å². The second-order valence-corrected chi connectivity index (χ2v) is 9.67. The standard InChI is InChI=1S/C15H22FN3O5S2/c1-3-17-26(23,24)12-6-7-14(16)13(9-12)15(20)19-8-4-5-11(10-19)18-25(2,21)22/h6-7,9,11,17-18H,3-5,8,10H2,1-2H3. The largest absolute Gasteiger partial charge is 0.337 e. The van der Waals surface area contributed by atoms with Gasteiger partial charge in [-0.3, -0.25) is 4.79 Å². The molecular formula is C15H22FN3O5S2. The van der Waals surface area contributed by atoms with Crippen LogP contribution in [0, 0.1) is 5.82 Å².